The topological polar surface area (TPSA) is 66.4 Å². The van der Waals surface area contributed by atoms with Gasteiger partial charge in [-0.3, -0.25) is 0 Å². The van der Waals surface area contributed by atoms with E-state index >= 15 is 0 Å². The van der Waals surface area contributed by atoms with E-state index in [-0.39, 0.29) is 11.8 Å². The second-order valence-corrected chi connectivity index (χ2v) is 8.17. The maximum atomic E-state index is 13.2. The molecule has 22 heteroatoms. The van der Waals surface area contributed by atoms with Gasteiger partial charge in [0, 0.05) is 6.61 Å². The van der Waals surface area contributed by atoms with Crippen molar-refractivity contribution >= 4 is 10.0 Å². The van der Waals surface area contributed by atoms with Gasteiger partial charge < -0.3 is 5.11 Å². The van der Waals surface area contributed by atoms with Crippen molar-refractivity contribution in [3.8, 4) is 0 Å². The van der Waals surface area contributed by atoms with Gasteiger partial charge in [-0.05, 0) is 13.5 Å². The number of hydrogen-bond acceptors (Lipinski definition) is 3. The SMILES string of the molecule is CCCCO.CNS(=O)(=O)C(F)(F)C(F)(F)C(F)(F)C(F)(F)C(F)(F)C(F)(F)C(F)(F)C(F)(F)F. The number of sulfonamides is 1. The lowest BCUT2D eigenvalue weighted by Gasteiger charge is -2.42. The van der Waals surface area contributed by atoms with Gasteiger partial charge in [0.25, 0.3) is 10.0 Å². The van der Waals surface area contributed by atoms with E-state index in [0.29, 0.717) is 6.61 Å². The van der Waals surface area contributed by atoms with Crippen LogP contribution in [0.1, 0.15) is 19.8 Å². The molecule has 0 unspecified atom stereocenters. The molecule has 0 atom stereocenters. The van der Waals surface area contributed by atoms with Crippen LogP contribution in [-0.4, -0.2) is 74.1 Å². The molecule has 0 rings (SSSR count). The first kappa shape index (κ1) is 35.8. The third kappa shape index (κ3) is 5.37. The highest BCUT2D eigenvalue weighted by Crippen LogP contribution is 2.64. The van der Waals surface area contributed by atoms with Crippen LogP contribution in [0.25, 0.3) is 0 Å². The van der Waals surface area contributed by atoms with Crippen LogP contribution >= 0.6 is 0 Å². The number of halogens is 17. The second-order valence-electron chi connectivity index (χ2n) is 6.25. The van der Waals surface area contributed by atoms with E-state index in [4.69, 9.17) is 5.11 Å². The van der Waals surface area contributed by atoms with Gasteiger partial charge in [0.1, 0.15) is 0 Å². The molecule has 0 aromatic heterocycles. The van der Waals surface area contributed by atoms with Crippen molar-refractivity contribution in [2.75, 3.05) is 13.7 Å². The molecule has 2 N–H and O–H groups in total. The van der Waals surface area contributed by atoms with Gasteiger partial charge >= 0.3 is 47.0 Å². The van der Waals surface area contributed by atoms with Crippen LogP contribution in [-0.2, 0) is 10.0 Å². The number of aliphatic hydroxyl groups is 1. The van der Waals surface area contributed by atoms with Crippen molar-refractivity contribution in [1.82, 2.24) is 4.72 Å². The van der Waals surface area contributed by atoms with E-state index in [0.717, 1.165) is 12.8 Å². The lowest BCUT2D eigenvalue weighted by Crippen LogP contribution is -2.75. The van der Waals surface area contributed by atoms with Crippen LogP contribution in [0.3, 0.4) is 0 Å². The van der Waals surface area contributed by atoms with Gasteiger partial charge in [0.15, 0.2) is 0 Å². The molecule has 0 amide bonds. The zero-order chi connectivity index (χ0) is 29.3. The van der Waals surface area contributed by atoms with Gasteiger partial charge in [0.05, 0.1) is 0 Å². The summed E-state index contributed by atoms with van der Waals surface area (Å²) >= 11 is 0. The molecular formula is C13H14F17NO3S. The summed E-state index contributed by atoms with van der Waals surface area (Å²) in [5, 5.41) is 0.566. The lowest BCUT2D eigenvalue weighted by atomic mass is 9.91. The molecule has 0 heterocycles. The lowest BCUT2D eigenvalue weighted by molar-refractivity contribution is -0.458. The fourth-order valence-electron chi connectivity index (χ4n) is 1.60. The van der Waals surface area contributed by atoms with E-state index in [1.54, 1.807) is 0 Å². The molecule has 214 valence electrons. The van der Waals surface area contributed by atoms with Gasteiger partial charge in [-0.2, -0.15) is 74.6 Å². The van der Waals surface area contributed by atoms with Gasteiger partial charge in [0.2, 0.25) is 0 Å². The first-order valence-electron chi connectivity index (χ1n) is 8.23. The predicted octanol–water partition coefficient (Wildman–Crippen LogP) is 5.28. The van der Waals surface area contributed by atoms with Crippen LogP contribution in [0.5, 0.6) is 0 Å². The second kappa shape index (κ2) is 10.2. The van der Waals surface area contributed by atoms with Crippen molar-refractivity contribution in [2.45, 2.75) is 66.7 Å². The standard InChI is InChI=1S/C9H4F17NO2S.C4H10O/c1-27-30(28,29)9(25,26)7(20,21)5(16,17)3(12,13)2(10,11)4(14,15)6(18,19)8(22,23)24;1-2-3-4-5/h27H,1H3;5H,2-4H2,1H3. The normalized spacial score (nSPS) is 15.5. The van der Waals surface area contributed by atoms with Crippen molar-refractivity contribution in [1.29, 1.82) is 0 Å². The molecule has 0 aliphatic carbocycles. The Kier molecular flexibility index (Phi) is 10.5. The Hall–Kier alpha value is -1.32. The third-order valence-electron chi connectivity index (χ3n) is 3.81. The number of aliphatic hydroxyl groups excluding tert-OH is 1. The Balaban J connectivity index is 0. The largest absolute Gasteiger partial charge is 0.460 e. The Labute approximate surface area is 184 Å². The van der Waals surface area contributed by atoms with Crippen LogP contribution in [0.2, 0.25) is 0 Å². The Morgan fingerprint density at radius 2 is 0.886 bits per heavy atom. The maximum Gasteiger partial charge on any atom is 0.460 e. The molecule has 0 aromatic carbocycles. The summed E-state index contributed by atoms with van der Waals surface area (Å²) in [5.41, 5.74) is 0. The molecule has 4 nitrogen and oxygen atoms in total. The van der Waals surface area contributed by atoms with E-state index in [1.807, 2.05) is 0 Å². The van der Waals surface area contributed by atoms with Crippen molar-refractivity contribution < 1.29 is 88.2 Å². The zero-order valence-corrected chi connectivity index (χ0v) is 17.5. The quantitative estimate of drug-likeness (QED) is 0.342. The summed E-state index contributed by atoms with van der Waals surface area (Å²) < 4.78 is 240. The molecule has 0 spiro atoms. The van der Waals surface area contributed by atoms with Gasteiger partial charge in [-0.1, -0.05) is 13.3 Å². The summed E-state index contributed by atoms with van der Waals surface area (Å²) in [6, 6.07) is 0. The van der Waals surface area contributed by atoms with Crippen molar-refractivity contribution in [3.05, 3.63) is 0 Å². The molecule has 0 bridgehead atoms. The van der Waals surface area contributed by atoms with E-state index in [1.165, 1.54) is 0 Å². The van der Waals surface area contributed by atoms with Crippen LogP contribution in [0.4, 0.5) is 74.6 Å². The summed E-state index contributed by atoms with van der Waals surface area (Å²) in [7, 11) is -7.36. The molecule has 0 fully saturated rings. The van der Waals surface area contributed by atoms with Gasteiger partial charge in [-0.15, -0.1) is 0 Å². The third-order valence-corrected chi connectivity index (χ3v) is 5.28. The van der Waals surface area contributed by atoms with Crippen LogP contribution < -0.4 is 4.72 Å². The van der Waals surface area contributed by atoms with Crippen LogP contribution in [0, 0.1) is 0 Å². The highest BCUT2D eigenvalue weighted by Gasteiger charge is 2.96. The Bertz CT molecular complexity index is 805. The molecule has 35 heavy (non-hydrogen) atoms. The monoisotopic (exact) mass is 587 g/mol. The Morgan fingerprint density at radius 3 is 1.09 bits per heavy atom. The molecule has 0 saturated carbocycles. The number of nitrogens with one attached hydrogen (secondary N) is 1. The molecule has 0 saturated heterocycles. The molecule has 0 aliphatic heterocycles. The first-order chi connectivity index (χ1) is 15.0. The average Bonchev–Trinajstić information content (AvgIpc) is 2.67. The van der Waals surface area contributed by atoms with Crippen LogP contribution in [0.15, 0.2) is 0 Å². The molecule has 0 radical (unpaired) electrons. The summed E-state index contributed by atoms with van der Waals surface area (Å²) in [6.45, 7) is 2.40. The Morgan fingerprint density at radius 1 is 0.600 bits per heavy atom. The number of alkyl halides is 17. The minimum atomic E-state index is -8.81. The van der Waals surface area contributed by atoms with E-state index in [2.05, 4.69) is 6.92 Å². The van der Waals surface area contributed by atoms with Crippen molar-refractivity contribution in [3.63, 3.8) is 0 Å². The minimum Gasteiger partial charge on any atom is -0.396 e. The highest BCUT2D eigenvalue weighted by molar-refractivity contribution is 7.90. The number of unbranched alkanes of at least 4 members (excludes halogenated alkanes) is 1. The summed E-state index contributed by atoms with van der Waals surface area (Å²) in [5.74, 6) is -51.4. The zero-order valence-electron chi connectivity index (χ0n) is 16.7. The average molecular weight is 587 g/mol. The molecule has 0 aliphatic rings. The first-order valence-corrected chi connectivity index (χ1v) is 9.71. The smallest absolute Gasteiger partial charge is 0.396 e. The minimum absolute atomic E-state index is 0.184. The maximum absolute atomic E-state index is 13.2. The molecule has 0 aromatic rings. The fraction of sp³-hybridized carbons (Fsp3) is 1.00. The van der Waals surface area contributed by atoms with E-state index < -0.39 is 57.0 Å². The van der Waals surface area contributed by atoms with Crippen molar-refractivity contribution in [2.24, 2.45) is 0 Å². The highest BCUT2D eigenvalue weighted by atomic mass is 32.2. The number of hydrogen-bond donors (Lipinski definition) is 2. The van der Waals surface area contributed by atoms with E-state index in [9.17, 15) is 83.1 Å². The number of rotatable bonds is 10. The van der Waals surface area contributed by atoms with Gasteiger partial charge in [-0.25, -0.2) is 13.1 Å². The summed E-state index contributed by atoms with van der Waals surface area (Å²) in [4.78, 5) is 0. The predicted molar refractivity (Wildman–Crippen MR) is 80.7 cm³/mol. The molecular weight excluding hydrogens is 573 g/mol. The fourth-order valence-corrected chi connectivity index (χ4v) is 2.33. The summed E-state index contributed by atoms with van der Waals surface area (Å²) in [6.07, 6.45) is -5.82.